The molecule has 3 unspecified atom stereocenters. The predicted octanol–water partition coefficient (Wildman–Crippen LogP) is 1.20. The van der Waals surface area contributed by atoms with Crippen LogP contribution in [0.3, 0.4) is 0 Å². The number of hydrogen-bond acceptors (Lipinski definition) is 2. The van der Waals surface area contributed by atoms with Gasteiger partial charge >= 0.3 is 0 Å². The van der Waals surface area contributed by atoms with Crippen LogP contribution in [0.15, 0.2) is 0 Å². The van der Waals surface area contributed by atoms with Crippen LogP contribution in [0.1, 0.15) is 33.1 Å². The fourth-order valence-corrected chi connectivity index (χ4v) is 2.26. The molecule has 0 bridgehead atoms. The minimum atomic E-state index is 0.294. The topological polar surface area (TPSA) is 32.3 Å². The Morgan fingerprint density at radius 3 is 2.86 bits per heavy atom. The van der Waals surface area contributed by atoms with Gasteiger partial charge in [-0.2, -0.15) is 0 Å². The highest BCUT2D eigenvalue weighted by Gasteiger charge is 2.39. The Balaban J connectivity index is 1.88. The zero-order chi connectivity index (χ0) is 10.1. The van der Waals surface area contributed by atoms with Crippen LogP contribution in [0.5, 0.6) is 0 Å². The summed E-state index contributed by atoms with van der Waals surface area (Å²) in [7, 11) is 0. The summed E-state index contributed by atoms with van der Waals surface area (Å²) in [6.45, 7) is 5.97. The lowest BCUT2D eigenvalue weighted by molar-refractivity contribution is -0.128. The summed E-state index contributed by atoms with van der Waals surface area (Å²) >= 11 is 0. The molecule has 1 N–H and O–H groups in total. The summed E-state index contributed by atoms with van der Waals surface area (Å²) in [6.07, 6.45) is 3.86. The predicted molar refractivity (Wildman–Crippen MR) is 55.7 cm³/mol. The first kappa shape index (κ1) is 9.97. The SMILES string of the molecule is CCCC1NCC(=O)N1CC1CC1C. The van der Waals surface area contributed by atoms with Gasteiger partial charge in [0.25, 0.3) is 0 Å². The Morgan fingerprint density at radius 1 is 1.57 bits per heavy atom. The van der Waals surface area contributed by atoms with Gasteiger partial charge in [0, 0.05) is 6.54 Å². The summed E-state index contributed by atoms with van der Waals surface area (Å²) in [5.74, 6) is 1.91. The third kappa shape index (κ3) is 1.92. The molecule has 3 atom stereocenters. The molecule has 1 amide bonds. The minimum absolute atomic E-state index is 0.294. The Kier molecular flexibility index (Phi) is 2.77. The van der Waals surface area contributed by atoms with E-state index in [4.69, 9.17) is 0 Å². The molecule has 2 rings (SSSR count). The molecule has 2 fully saturated rings. The van der Waals surface area contributed by atoms with Gasteiger partial charge < -0.3 is 4.90 Å². The van der Waals surface area contributed by atoms with Crippen molar-refractivity contribution in [2.45, 2.75) is 39.3 Å². The van der Waals surface area contributed by atoms with Gasteiger partial charge in [-0.15, -0.1) is 0 Å². The van der Waals surface area contributed by atoms with E-state index in [0.29, 0.717) is 18.6 Å². The van der Waals surface area contributed by atoms with Crippen LogP contribution in [0.4, 0.5) is 0 Å². The lowest BCUT2D eigenvalue weighted by Crippen LogP contribution is -2.38. The van der Waals surface area contributed by atoms with E-state index in [1.165, 1.54) is 6.42 Å². The maximum Gasteiger partial charge on any atom is 0.237 e. The summed E-state index contributed by atoms with van der Waals surface area (Å²) in [5, 5.41) is 3.28. The third-order valence-corrected chi connectivity index (χ3v) is 3.45. The minimum Gasteiger partial charge on any atom is -0.326 e. The first-order valence-electron chi connectivity index (χ1n) is 5.75. The van der Waals surface area contributed by atoms with Crippen molar-refractivity contribution in [1.29, 1.82) is 0 Å². The number of carbonyl (C=O) groups excluding carboxylic acids is 1. The largest absolute Gasteiger partial charge is 0.326 e. The highest BCUT2D eigenvalue weighted by atomic mass is 16.2. The standard InChI is InChI=1S/C11H20N2O/c1-3-4-10-12-6-11(14)13(10)7-9-5-8(9)2/h8-10,12H,3-7H2,1-2H3. The highest BCUT2D eigenvalue weighted by molar-refractivity contribution is 5.80. The Hall–Kier alpha value is -0.570. The monoisotopic (exact) mass is 196 g/mol. The molecular weight excluding hydrogens is 176 g/mol. The van der Waals surface area contributed by atoms with E-state index in [2.05, 4.69) is 24.1 Å². The molecule has 1 saturated heterocycles. The second kappa shape index (κ2) is 3.89. The summed E-state index contributed by atoms with van der Waals surface area (Å²) < 4.78 is 0. The van der Waals surface area contributed by atoms with E-state index in [-0.39, 0.29) is 0 Å². The average molecular weight is 196 g/mol. The van der Waals surface area contributed by atoms with Gasteiger partial charge in [-0.05, 0) is 24.7 Å². The zero-order valence-electron chi connectivity index (χ0n) is 9.12. The van der Waals surface area contributed by atoms with E-state index in [1.54, 1.807) is 0 Å². The molecule has 80 valence electrons. The molecule has 0 spiro atoms. The molecule has 14 heavy (non-hydrogen) atoms. The maximum absolute atomic E-state index is 11.6. The molecule has 2 aliphatic rings. The Labute approximate surface area is 85.8 Å². The molecule has 1 aliphatic heterocycles. The van der Waals surface area contributed by atoms with Gasteiger partial charge in [0.05, 0.1) is 12.7 Å². The van der Waals surface area contributed by atoms with Crippen molar-refractivity contribution >= 4 is 5.91 Å². The molecule has 0 radical (unpaired) electrons. The van der Waals surface area contributed by atoms with Crippen LogP contribution >= 0.6 is 0 Å². The molecule has 0 aromatic carbocycles. The summed E-state index contributed by atoms with van der Waals surface area (Å²) in [5.41, 5.74) is 0. The molecule has 1 saturated carbocycles. The lowest BCUT2D eigenvalue weighted by atomic mass is 10.2. The number of nitrogens with one attached hydrogen (secondary N) is 1. The van der Waals surface area contributed by atoms with E-state index in [9.17, 15) is 4.79 Å². The summed E-state index contributed by atoms with van der Waals surface area (Å²) in [4.78, 5) is 13.6. The molecule has 0 aromatic heterocycles. The van der Waals surface area contributed by atoms with Gasteiger partial charge in [-0.1, -0.05) is 20.3 Å². The quantitative estimate of drug-likeness (QED) is 0.732. The van der Waals surface area contributed by atoms with E-state index in [1.807, 2.05) is 0 Å². The second-order valence-electron chi connectivity index (χ2n) is 4.70. The maximum atomic E-state index is 11.6. The van der Waals surface area contributed by atoms with Crippen LogP contribution in [-0.2, 0) is 4.79 Å². The van der Waals surface area contributed by atoms with Crippen molar-refractivity contribution in [2.24, 2.45) is 11.8 Å². The van der Waals surface area contributed by atoms with Gasteiger partial charge in [0.1, 0.15) is 0 Å². The third-order valence-electron chi connectivity index (χ3n) is 3.45. The highest BCUT2D eigenvalue weighted by Crippen LogP contribution is 2.38. The normalized spacial score (nSPS) is 36.6. The van der Waals surface area contributed by atoms with Crippen molar-refractivity contribution in [2.75, 3.05) is 13.1 Å². The lowest BCUT2D eigenvalue weighted by Gasteiger charge is -2.24. The Bertz CT molecular complexity index is 229. The van der Waals surface area contributed by atoms with Gasteiger partial charge in [-0.25, -0.2) is 0 Å². The van der Waals surface area contributed by atoms with Gasteiger partial charge in [0.2, 0.25) is 5.91 Å². The summed E-state index contributed by atoms with van der Waals surface area (Å²) in [6, 6.07) is 0. The van der Waals surface area contributed by atoms with Crippen molar-refractivity contribution in [3.8, 4) is 0 Å². The zero-order valence-corrected chi connectivity index (χ0v) is 9.12. The van der Waals surface area contributed by atoms with E-state index in [0.717, 1.165) is 31.2 Å². The molecule has 1 heterocycles. The molecular formula is C11H20N2O. The van der Waals surface area contributed by atoms with Crippen molar-refractivity contribution in [1.82, 2.24) is 10.2 Å². The Morgan fingerprint density at radius 2 is 2.29 bits per heavy atom. The number of hydrogen-bond donors (Lipinski definition) is 1. The molecule has 0 aromatic rings. The first-order chi connectivity index (χ1) is 6.72. The van der Waals surface area contributed by atoms with Crippen LogP contribution in [0.2, 0.25) is 0 Å². The van der Waals surface area contributed by atoms with Crippen LogP contribution < -0.4 is 5.32 Å². The van der Waals surface area contributed by atoms with E-state index >= 15 is 0 Å². The molecule has 1 aliphatic carbocycles. The number of amides is 1. The second-order valence-corrected chi connectivity index (χ2v) is 4.70. The number of carbonyl (C=O) groups is 1. The fourth-order valence-electron chi connectivity index (χ4n) is 2.26. The van der Waals surface area contributed by atoms with Crippen LogP contribution in [0.25, 0.3) is 0 Å². The van der Waals surface area contributed by atoms with Crippen LogP contribution in [0, 0.1) is 11.8 Å². The molecule has 3 heteroatoms. The van der Waals surface area contributed by atoms with Gasteiger partial charge in [-0.3, -0.25) is 10.1 Å². The first-order valence-corrected chi connectivity index (χ1v) is 5.75. The van der Waals surface area contributed by atoms with Gasteiger partial charge in [0.15, 0.2) is 0 Å². The fraction of sp³-hybridized carbons (Fsp3) is 0.909. The smallest absolute Gasteiger partial charge is 0.237 e. The molecule has 3 nitrogen and oxygen atoms in total. The number of nitrogens with zero attached hydrogens (tertiary/aromatic N) is 1. The van der Waals surface area contributed by atoms with Crippen molar-refractivity contribution in [3.63, 3.8) is 0 Å². The van der Waals surface area contributed by atoms with Crippen LogP contribution in [-0.4, -0.2) is 30.1 Å². The van der Waals surface area contributed by atoms with E-state index < -0.39 is 0 Å². The van der Waals surface area contributed by atoms with Crippen molar-refractivity contribution < 1.29 is 4.79 Å². The average Bonchev–Trinajstić information content (AvgIpc) is 2.74. The van der Waals surface area contributed by atoms with Crippen molar-refractivity contribution in [3.05, 3.63) is 0 Å². The number of rotatable bonds is 4.